The van der Waals surface area contributed by atoms with E-state index in [-0.39, 0.29) is 24.0 Å². The predicted octanol–water partition coefficient (Wildman–Crippen LogP) is 5.48. The van der Waals surface area contributed by atoms with E-state index in [9.17, 15) is 14.0 Å². The van der Waals surface area contributed by atoms with Gasteiger partial charge in [-0.2, -0.15) is 0 Å². The van der Waals surface area contributed by atoms with Crippen molar-refractivity contribution >= 4 is 40.9 Å². The molecule has 0 saturated carbocycles. The number of halogens is 3. The van der Waals surface area contributed by atoms with Crippen LogP contribution in [0.4, 0.5) is 14.9 Å². The molecule has 2 aromatic rings. The topological polar surface area (TPSA) is 76.7 Å². The summed E-state index contributed by atoms with van der Waals surface area (Å²) in [4.78, 5) is 23.6. The fourth-order valence-corrected chi connectivity index (χ4v) is 2.57. The van der Waals surface area contributed by atoms with Crippen LogP contribution in [-0.2, 0) is 9.53 Å². The normalized spacial score (nSPS) is 10.3. The molecule has 9 heteroatoms. The van der Waals surface area contributed by atoms with Crippen molar-refractivity contribution in [2.75, 3.05) is 18.5 Å². The molecule has 0 fully saturated rings. The number of aryl methyl sites for hydroxylation is 1. The Morgan fingerprint density at radius 1 is 1.13 bits per heavy atom. The van der Waals surface area contributed by atoms with E-state index < -0.39 is 17.8 Å². The number of benzene rings is 2. The van der Waals surface area contributed by atoms with E-state index >= 15 is 0 Å². The second kappa shape index (κ2) is 11.4. The van der Waals surface area contributed by atoms with Crippen LogP contribution in [0.2, 0.25) is 10.0 Å². The molecule has 2 amide bonds. The zero-order chi connectivity index (χ0) is 22.1. The van der Waals surface area contributed by atoms with Crippen LogP contribution < -0.4 is 15.4 Å². The van der Waals surface area contributed by atoms with Crippen LogP contribution in [0.1, 0.15) is 18.4 Å². The Labute approximate surface area is 184 Å². The van der Waals surface area contributed by atoms with Crippen LogP contribution in [0, 0.1) is 12.7 Å². The van der Waals surface area contributed by atoms with Crippen LogP contribution in [0.15, 0.2) is 48.7 Å². The van der Waals surface area contributed by atoms with E-state index in [1.807, 2.05) is 6.92 Å². The van der Waals surface area contributed by atoms with Crippen LogP contribution in [0.5, 0.6) is 5.75 Å². The molecule has 2 N–H and O–H groups in total. The second-order valence-corrected chi connectivity index (χ2v) is 7.16. The number of amides is 2. The van der Waals surface area contributed by atoms with Crippen molar-refractivity contribution in [1.29, 1.82) is 0 Å². The lowest BCUT2D eigenvalue weighted by Gasteiger charge is -2.11. The Morgan fingerprint density at radius 2 is 1.87 bits per heavy atom. The van der Waals surface area contributed by atoms with Gasteiger partial charge in [0.1, 0.15) is 11.6 Å². The fraction of sp³-hybridized carbons (Fsp3) is 0.238. The first-order valence-corrected chi connectivity index (χ1v) is 9.75. The van der Waals surface area contributed by atoms with Gasteiger partial charge in [-0.25, -0.2) is 9.18 Å². The van der Waals surface area contributed by atoms with E-state index in [0.717, 1.165) is 11.6 Å². The third kappa shape index (κ3) is 7.93. The largest absolute Gasteiger partial charge is 0.484 e. The number of carbonyl (C=O) groups is 2. The lowest BCUT2D eigenvalue weighted by Crippen LogP contribution is -2.28. The number of allylic oxidation sites excluding steroid dienone is 1. The molecule has 0 atom stereocenters. The lowest BCUT2D eigenvalue weighted by molar-refractivity contribution is -0.122. The zero-order valence-electron chi connectivity index (χ0n) is 16.3. The summed E-state index contributed by atoms with van der Waals surface area (Å²) in [6.07, 6.45) is 0.291. The molecule has 0 heterocycles. The number of rotatable bonds is 9. The highest BCUT2D eigenvalue weighted by atomic mass is 35.5. The summed E-state index contributed by atoms with van der Waals surface area (Å²) in [5.41, 5.74) is 1.87. The summed E-state index contributed by atoms with van der Waals surface area (Å²) in [6, 6.07) is 9.00. The molecule has 160 valence electrons. The molecule has 0 bridgehead atoms. The van der Waals surface area contributed by atoms with E-state index in [1.165, 1.54) is 12.1 Å². The van der Waals surface area contributed by atoms with Crippen LogP contribution >= 0.6 is 23.2 Å². The number of nitrogens with one attached hydrogen (secondary N) is 2. The standard InChI is InChI=1S/C21H21Cl2FN2O4/c1-13-10-15(5-7-17(13)22)26-21(28)29-9-3-4-14(2)25-20(27)12-30-16-6-8-18(23)19(24)11-16/h5-8,10-11H,2-4,9,12H2,1H3,(H,25,27)(H,26,28). The first kappa shape index (κ1) is 23.5. The second-order valence-electron chi connectivity index (χ2n) is 6.34. The maximum atomic E-state index is 13.3. The molecule has 30 heavy (non-hydrogen) atoms. The van der Waals surface area contributed by atoms with Gasteiger partial charge in [0, 0.05) is 22.5 Å². The van der Waals surface area contributed by atoms with Crippen molar-refractivity contribution in [2.45, 2.75) is 19.8 Å². The molecule has 6 nitrogen and oxygen atoms in total. The molecular weight excluding hydrogens is 434 g/mol. The minimum Gasteiger partial charge on any atom is -0.484 e. The molecule has 0 aromatic heterocycles. The maximum absolute atomic E-state index is 13.3. The first-order chi connectivity index (χ1) is 14.2. The maximum Gasteiger partial charge on any atom is 0.411 e. The Morgan fingerprint density at radius 3 is 2.57 bits per heavy atom. The SMILES string of the molecule is C=C(CCCOC(=O)Nc1ccc(Cl)c(C)c1)NC(=O)COc1ccc(Cl)c(F)c1. The van der Waals surface area contributed by atoms with Gasteiger partial charge in [0.2, 0.25) is 0 Å². The van der Waals surface area contributed by atoms with Gasteiger partial charge in [0.15, 0.2) is 6.61 Å². The van der Waals surface area contributed by atoms with Crippen molar-refractivity contribution in [2.24, 2.45) is 0 Å². The van der Waals surface area contributed by atoms with Gasteiger partial charge in [-0.05, 0) is 55.7 Å². The average Bonchev–Trinajstić information content (AvgIpc) is 2.69. The highest BCUT2D eigenvalue weighted by Crippen LogP contribution is 2.20. The average molecular weight is 455 g/mol. The van der Waals surface area contributed by atoms with Crippen LogP contribution in [-0.4, -0.2) is 25.2 Å². The molecule has 0 aliphatic heterocycles. The van der Waals surface area contributed by atoms with Gasteiger partial charge < -0.3 is 14.8 Å². The molecule has 0 aliphatic rings. The molecule has 2 rings (SSSR count). The molecule has 0 radical (unpaired) electrons. The highest BCUT2D eigenvalue weighted by molar-refractivity contribution is 6.31. The monoisotopic (exact) mass is 454 g/mol. The summed E-state index contributed by atoms with van der Waals surface area (Å²) < 4.78 is 23.6. The van der Waals surface area contributed by atoms with Gasteiger partial charge in [-0.1, -0.05) is 29.8 Å². The van der Waals surface area contributed by atoms with Gasteiger partial charge in [0.05, 0.1) is 11.6 Å². The Balaban J connectivity index is 1.61. The van der Waals surface area contributed by atoms with E-state index in [2.05, 4.69) is 17.2 Å². The quantitative estimate of drug-likeness (QED) is 0.491. The number of anilines is 1. The van der Waals surface area contributed by atoms with E-state index in [0.29, 0.717) is 29.2 Å². The summed E-state index contributed by atoms with van der Waals surface area (Å²) in [7, 11) is 0. The molecule has 0 unspecified atom stereocenters. The predicted molar refractivity (Wildman–Crippen MR) is 115 cm³/mol. The highest BCUT2D eigenvalue weighted by Gasteiger charge is 2.08. The Bertz CT molecular complexity index is 937. The molecule has 0 aliphatic carbocycles. The molecule has 0 saturated heterocycles. The van der Waals surface area contributed by atoms with Gasteiger partial charge in [-0.3, -0.25) is 10.1 Å². The summed E-state index contributed by atoms with van der Waals surface area (Å²) in [5.74, 6) is -0.880. The van der Waals surface area contributed by atoms with E-state index in [1.54, 1.807) is 18.2 Å². The Hall–Kier alpha value is -2.77. The summed E-state index contributed by atoms with van der Waals surface area (Å²) >= 11 is 11.5. The van der Waals surface area contributed by atoms with Gasteiger partial charge >= 0.3 is 6.09 Å². The molecular formula is C21H21Cl2FN2O4. The zero-order valence-corrected chi connectivity index (χ0v) is 17.8. The van der Waals surface area contributed by atoms with Gasteiger partial charge in [0.25, 0.3) is 5.91 Å². The lowest BCUT2D eigenvalue weighted by atomic mass is 10.2. The summed E-state index contributed by atoms with van der Waals surface area (Å²) in [5, 5.41) is 5.76. The molecule has 0 spiro atoms. The van der Waals surface area contributed by atoms with Crippen molar-refractivity contribution in [3.8, 4) is 5.75 Å². The summed E-state index contributed by atoms with van der Waals surface area (Å²) in [6.45, 7) is 5.42. The van der Waals surface area contributed by atoms with Crippen molar-refractivity contribution < 1.29 is 23.5 Å². The number of hydrogen-bond donors (Lipinski definition) is 2. The molecule has 2 aromatic carbocycles. The fourth-order valence-electron chi connectivity index (χ4n) is 2.34. The van der Waals surface area contributed by atoms with Crippen molar-refractivity contribution in [3.05, 3.63) is 70.1 Å². The van der Waals surface area contributed by atoms with Crippen molar-refractivity contribution in [1.82, 2.24) is 5.32 Å². The number of hydrogen-bond acceptors (Lipinski definition) is 4. The van der Waals surface area contributed by atoms with Gasteiger partial charge in [-0.15, -0.1) is 0 Å². The van der Waals surface area contributed by atoms with E-state index in [4.69, 9.17) is 32.7 Å². The van der Waals surface area contributed by atoms with Crippen molar-refractivity contribution in [3.63, 3.8) is 0 Å². The third-order valence-corrected chi connectivity index (χ3v) is 4.57. The minimum absolute atomic E-state index is 0.0284. The minimum atomic E-state index is -0.630. The third-order valence-electron chi connectivity index (χ3n) is 3.84. The number of ether oxygens (including phenoxy) is 2. The Kier molecular flexibility index (Phi) is 8.95. The van der Waals surface area contributed by atoms with Crippen LogP contribution in [0.3, 0.4) is 0 Å². The smallest absolute Gasteiger partial charge is 0.411 e. The first-order valence-electron chi connectivity index (χ1n) is 9.00. The van der Waals surface area contributed by atoms with Crippen LogP contribution in [0.25, 0.3) is 0 Å². The number of carbonyl (C=O) groups excluding carboxylic acids is 2.